The van der Waals surface area contributed by atoms with Gasteiger partial charge in [-0.05, 0) is 30.4 Å². The van der Waals surface area contributed by atoms with Crippen molar-refractivity contribution in [1.29, 1.82) is 0 Å². The Morgan fingerprint density at radius 1 is 0.962 bits per heavy atom. The Hall–Kier alpha value is -2.11. The van der Waals surface area contributed by atoms with Crippen LogP contribution in [0.3, 0.4) is 0 Å². The summed E-state index contributed by atoms with van der Waals surface area (Å²) in [6, 6.07) is 17.2. The van der Waals surface area contributed by atoms with Crippen molar-refractivity contribution < 1.29 is 14.3 Å². The van der Waals surface area contributed by atoms with Gasteiger partial charge in [0.25, 0.3) is 0 Å². The lowest BCUT2D eigenvalue weighted by molar-refractivity contribution is -0.129. The van der Waals surface area contributed by atoms with E-state index in [2.05, 4.69) is 6.92 Å². The largest absolute Gasteiger partial charge is 0.347 e. The lowest BCUT2D eigenvalue weighted by Crippen LogP contribution is -2.38. The van der Waals surface area contributed by atoms with Crippen molar-refractivity contribution in [1.82, 2.24) is 0 Å². The van der Waals surface area contributed by atoms with Crippen molar-refractivity contribution in [3.8, 4) is 0 Å². The van der Waals surface area contributed by atoms with Crippen molar-refractivity contribution in [2.75, 3.05) is 10.7 Å². The molecule has 132 valence electrons. The van der Waals surface area contributed by atoms with E-state index in [1.807, 2.05) is 61.5 Å². The second-order valence-corrected chi connectivity index (χ2v) is 8.63. The molecule has 2 aromatic carbocycles. The summed E-state index contributed by atoms with van der Waals surface area (Å²) in [4.78, 5) is 27.4. The van der Waals surface area contributed by atoms with Gasteiger partial charge in [0.15, 0.2) is 4.93 Å². The second-order valence-electron chi connectivity index (χ2n) is 7.16. The number of hydrogen-bond acceptors (Lipinski definition) is 4. The molecule has 2 aromatic rings. The molecule has 4 atom stereocenters. The van der Waals surface area contributed by atoms with E-state index in [9.17, 15) is 9.59 Å². The number of imide groups is 1. The molecule has 5 heteroatoms. The Morgan fingerprint density at radius 3 is 2.27 bits per heavy atom. The second kappa shape index (κ2) is 5.21. The van der Waals surface area contributed by atoms with Gasteiger partial charge in [-0.2, -0.15) is 0 Å². The number of ether oxygens (including phenoxy) is 1. The third kappa shape index (κ3) is 1.70. The highest BCUT2D eigenvalue weighted by atomic mass is 32.2. The summed E-state index contributed by atoms with van der Waals surface area (Å²) < 4.78 is 6.54. The van der Waals surface area contributed by atoms with Crippen molar-refractivity contribution in [3.05, 3.63) is 65.7 Å². The summed E-state index contributed by atoms with van der Waals surface area (Å²) in [5, 5.41) is 0. The normalized spacial score (nSPS) is 34.3. The van der Waals surface area contributed by atoms with E-state index in [4.69, 9.17) is 4.74 Å². The fourth-order valence-electron chi connectivity index (χ4n) is 4.96. The van der Waals surface area contributed by atoms with Gasteiger partial charge in [0, 0.05) is 5.56 Å². The van der Waals surface area contributed by atoms with Crippen LogP contribution >= 0.6 is 11.8 Å². The number of amides is 2. The molecule has 2 unspecified atom stereocenters. The number of benzene rings is 2. The van der Waals surface area contributed by atoms with Crippen LogP contribution in [-0.4, -0.2) is 17.6 Å². The molecule has 0 N–H and O–H groups in total. The Morgan fingerprint density at radius 2 is 1.58 bits per heavy atom. The number of anilines is 1. The van der Waals surface area contributed by atoms with Crippen LogP contribution in [0.1, 0.15) is 25.0 Å². The first kappa shape index (κ1) is 16.1. The molecule has 4 nitrogen and oxygen atoms in total. The Kier molecular flexibility index (Phi) is 3.22. The molecule has 2 fully saturated rings. The number of carbonyl (C=O) groups is 2. The number of thioether (sulfide) groups is 1. The molecule has 2 amide bonds. The minimum Gasteiger partial charge on any atom is -0.347 e. The van der Waals surface area contributed by atoms with Crippen molar-refractivity contribution in [2.24, 2.45) is 11.8 Å². The molecule has 2 bridgehead atoms. The van der Waals surface area contributed by atoms with Crippen LogP contribution in [0.25, 0.3) is 0 Å². The molecule has 2 saturated heterocycles. The summed E-state index contributed by atoms with van der Waals surface area (Å²) in [6.07, 6.45) is 0. The maximum Gasteiger partial charge on any atom is 0.242 e. The van der Waals surface area contributed by atoms with Gasteiger partial charge in [0.2, 0.25) is 11.8 Å². The lowest BCUT2D eigenvalue weighted by Gasteiger charge is -2.32. The third-order valence-corrected chi connectivity index (χ3v) is 7.16. The Balaban J connectivity index is 1.71. The first-order chi connectivity index (χ1) is 12.5. The number of carbonyl (C=O) groups excluding carboxylic acids is 2. The zero-order chi connectivity index (χ0) is 18.1. The average molecular weight is 365 g/mol. The molecular formula is C21H19NO3S. The van der Waals surface area contributed by atoms with Crippen LogP contribution in [0.2, 0.25) is 0 Å². The lowest BCUT2D eigenvalue weighted by atomic mass is 9.70. The summed E-state index contributed by atoms with van der Waals surface area (Å²) in [5.74, 6) is -0.461. The topological polar surface area (TPSA) is 46.6 Å². The Labute approximate surface area is 156 Å². The van der Waals surface area contributed by atoms with Crippen molar-refractivity contribution in [3.63, 3.8) is 0 Å². The van der Waals surface area contributed by atoms with Gasteiger partial charge in [-0.1, -0.05) is 49.4 Å². The minimum absolute atomic E-state index is 0.148. The van der Waals surface area contributed by atoms with Crippen molar-refractivity contribution >= 4 is 29.3 Å². The van der Waals surface area contributed by atoms with Gasteiger partial charge in [-0.3, -0.25) is 9.59 Å². The number of rotatable bonds is 3. The maximum atomic E-state index is 13.4. The fourth-order valence-corrected chi connectivity index (χ4v) is 6.37. The fraction of sp³-hybridized carbons (Fsp3) is 0.333. The van der Waals surface area contributed by atoms with Crippen LogP contribution in [0.5, 0.6) is 0 Å². The van der Waals surface area contributed by atoms with Crippen LogP contribution in [0.4, 0.5) is 5.69 Å². The Bertz CT molecular complexity index is 930. The minimum atomic E-state index is -0.777. The first-order valence-corrected chi connectivity index (χ1v) is 9.90. The number of fused-ring (bicyclic) bond motifs is 8. The van der Waals surface area contributed by atoms with Crippen LogP contribution in [0.15, 0.2) is 54.6 Å². The van der Waals surface area contributed by atoms with E-state index in [1.165, 1.54) is 4.90 Å². The van der Waals surface area contributed by atoms with Crippen LogP contribution in [-0.2, 0) is 24.9 Å². The molecule has 3 aliphatic rings. The first-order valence-electron chi connectivity index (χ1n) is 8.91. The third-order valence-electron chi connectivity index (χ3n) is 5.88. The number of para-hydroxylation sites is 1. The molecule has 0 radical (unpaired) electrons. The molecule has 3 heterocycles. The summed E-state index contributed by atoms with van der Waals surface area (Å²) in [6.45, 7) is 4.03. The van der Waals surface area contributed by atoms with Gasteiger partial charge >= 0.3 is 0 Å². The molecule has 0 aromatic heterocycles. The smallest absolute Gasteiger partial charge is 0.242 e. The molecule has 0 saturated carbocycles. The van der Waals surface area contributed by atoms with E-state index in [0.29, 0.717) is 5.69 Å². The quantitative estimate of drug-likeness (QED) is 0.779. The standard InChI is InChI=1S/C21H19NO3S/c1-3-26-21-15-12-8-7-11-14(15)20(2,25-21)16-17(21)19(24)22(18(16)23)13-9-5-4-6-10-13/h4-12,16-17H,3H2,1-2H3/t16?,17?,20-,21-/m0/s1. The number of hydrogen-bond donors (Lipinski definition) is 0. The molecule has 0 aliphatic carbocycles. The predicted molar refractivity (Wildman–Crippen MR) is 101 cm³/mol. The van der Waals surface area contributed by atoms with E-state index >= 15 is 0 Å². The van der Waals surface area contributed by atoms with Crippen LogP contribution < -0.4 is 4.90 Å². The highest BCUT2D eigenvalue weighted by Crippen LogP contribution is 2.70. The summed E-state index contributed by atoms with van der Waals surface area (Å²) in [7, 11) is 0. The highest BCUT2D eigenvalue weighted by Gasteiger charge is 2.76. The molecule has 5 rings (SSSR count). The van der Waals surface area contributed by atoms with Crippen molar-refractivity contribution in [2.45, 2.75) is 24.4 Å². The van der Waals surface area contributed by atoms with Gasteiger partial charge in [0.1, 0.15) is 5.60 Å². The van der Waals surface area contributed by atoms with Crippen LogP contribution in [0, 0.1) is 11.8 Å². The predicted octanol–water partition coefficient (Wildman–Crippen LogP) is 3.66. The van der Waals surface area contributed by atoms with E-state index in [1.54, 1.807) is 11.8 Å². The molecule has 0 spiro atoms. The average Bonchev–Trinajstić information content (AvgIpc) is 3.18. The molecule has 3 aliphatic heterocycles. The van der Waals surface area contributed by atoms with E-state index in [0.717, 1.165) is 16.9 Å². The van der Waals surface area contributed by atoms with Gasteiger partial charge < -0.3 is 4.74 Å². The maximum absolute atomic E-state index is 13.4. The molecular weight excluding hydrogens is 346 g/mol. The zero-order valence-corrected chi connectivity index (χ0v) is 15.5. The zero-order valence-electron chi connectivity index (χ0n) is 14.6. The van der Waals surface area contributed by atoms with Gasteiger partial charge in [-0.15, -0.1) is 11.8 Å². The number of nitrogens with zero attached hydrogens (tertiary/aromatic N) is 1. The van der Waals surface area contributed by atoms with Gasteiger partial charge in [0.05, 0.1) is 17.5 Å². The van der Waals surface area contributed by atoms with E-state index in [-0.39, 0.29) is 11.8 Å². The SMILES string of the molecule is CCS[C@@]12O[C@@](C)(c3ccccc31)C1C(=O)N(c3ccccc3)C(=O)C12. The van der Waals surface area contributed by atoms with Gasteiger partial charge in [-0.25, -0.2) is 4.90 Å². The monoisotopic (exact) mass is 365 g/mol. The van der Waals surface area contributed by atoms with E-state index < -0.39 is 22.4 Å². The highest BCUT2D eigenvalue weighted by molar-refractivity contribution is 8.00. The summed E-state index contributed by atoms with van der Waals surface area (Å²) >= 11 is 1.63. The molecule has 26 heavy (non-hydrogen) atoms. The summed E-state index contributed by atoms with van der Waals surface area (Å²) in [5.41, 5.74) is 1.96.